The van der Waals surface area contributed by atoms with E-state index in [1.165, 1.54) is 59.8 Å². The van der Waals surface area contributed by atoms with Crippen LogP contribution in [0.3, 0.4) is 0 Å². The quantitative estimate of drug-likeness (QED) is 0.0598. The minimum Gasteiger partial charge on any atom is -0.508 e. The van der Waals surface area contributed by atoms with Crippen molar-refractivity contribution in [2.24, 2.45) is 4.99 Å². The van der Waals surface area contributed by atoms with E-state index in [9.17, 15) is 14.7 Å². The third-order valence-corrected chi connectivity index (χ3v) is 18.9. The molecule has 0 saturated carbocycles. The number of rotatable bonds is 10. The van der Waals surface area contributed by atoms with E-state index in [4.69, 9.17) is 21.3 Å². The van der Waals surface area contributed by atoms with Gasteiger partial charge in [0.15, 0.2) is 5.69 Å². The van der Waals surface area contributed by atoms with E-state index in [1.54, 1.807) is 68.8 Å². The Hall–Kier alpha value is -7.07. The van der Waals surface area contributed by atoms with Crippen LogP contribution in [0.2, 0.25) is 0 Å². The Bertz CT molecular complexity index is 3040. The average molecular weight is 1110 g/mol. The number of amides is 2. The summed E-state index contributed by atoms with van der Waals surface area (Å²) >= 11 is 0. The van der Waals surface area contributed by atoms with Gasteiger partial charge in [0.25, 0.3) is 0 Å². The van der Waals surface area contributed by atoms with Crippen molar-refractivity contribution in [2.45, 2.75) is 140 Å². The van der Waals surface area contributed by atoms with Crippen LogP contribution >= 0.6 is 0 Å². The molecule has 15 nitrogen and oxygen atoms in total. The largest absolute Gasteiger partial charge is 0.508 e. The number of aliphatic imine (C=N–C) groups is 1. The van der Waals surface area contributed by atoms with Crippen LogP contribution < -0.4 is 25.4 Å². The number of urea groups is 1. The van der Waals surface area contributed by atoms with E-state index < -0.39 is 0 Å². The molecule has 0 radical (unpaired) electrons. The summed E-state index contributed by atoms with van der Waals surface area (Å²) in [6.07, 6.45) is 7.89. The zero-order valence-electron chi connectivity index (χ0n) is 49.5. The van der Waals surface area contributed by atoms with Crippen molar-refractivity contribution in [1.29, 1.82) is 5.26 Å². The van der Waals surface area contributed by atoms with Gasteiger partial charge in [-0.25, -0.2) is 14.4 Å². The second-order valence-corrected chi connectivity index (χ2v) is 23.4. The summed E-state index contributed by atoms with van der Waals surface area (Å²) in [6.45, 7) is 26.1. The fourth-order valence-corrected chi connectivity index (χ4v) is 14.3. The third kappa shape index (κ3) is 12.6. The standard InChI is InChI=1S/C24H28N4O2.2C17H26N2O.C8H4N2O.CH4/c1-4-28(23(30)26-18-8-5-16(15-25)6-9-18)22-21-13-17-7-10-19(29)14-20(17)24(22,2)11-12-27(21)3;2*1-5-18-16-15-10-12-6-7-13(20-4)11-14(12)17(16,2)8-9-19(15)3;1-9-7-2-4-8(5-3-7)10-6-11;/h5-10,14,21-22,29H,4,11-13H2,1-3H3,(H,26,30);2*6-7,11,15-16,18H,5,8-10H2,1-4H3;2-5H;1H4/t21-,22+,24-;2*15-,16+,17-;;/m111../s1. The van der Waals surface area contributed by atoms with Crippen LogP contribution in [-0.4, -0.2) is 148 Å². The van der Waals surface area contributed by atoms with Crippen LogP contribution in [0.15, 0.2) is 108 Å². The Morgan fingerprint density at radius 2 is 1.17 bits per heavy atom. The van der Waals surface area contributed by atoms with Crippen LogP contribution in [-0.2, 0) is 40.3 Å². The Labute approximate surface area is 488 Å². The van der Waals surface area contributed by atoms with Gasteiger partial charge in [-0.2, -0.15) is 10.3 Å². The van der Waals surface area contributed by atoms with E-state index >= 15 is 0 Å². The van der Waals surface area contributed by atoms with Crippen molar-refractivity contribution >= 4 is 29.2 Å². The first kappa shape index (κ1) is 62.5. The second kappa shape index (κ2) is 26.9. The maximum atomic E-state index is 13.3. The van der Waals surface area contributed by atoms with Gasteiger partial charge in [-0.15, -0.1) is 0 Å². The number of aromatic hydroxyl groups is 1. The molecule has 0 unspecified atom stereocenters. The number of isocyanates is 1. The Kier molecular flexibility index (Phi) is 20.5. The molecule has 4 N–H and O–H groups in total. The van der Waals surface area contributed by atoms with Gasteiger partial charge in [0.2, 0.25) is 6.08 Å². The molecule has 9 atom stereocenters. The number of nitrogens with zero attached hydrogens (tertiary/aromatic N) is 7. The van der Waals surface area contributed by atoms with Crippen LogP contribution in [0.5, 0.6) is 17.2 Å². The second-order valence-electron chi connectivity index (χ2n) is 23.4. The monoisotopic (exact) mass is 1110 g/mol. The molecule has 3 aliphatic heterocycles. The molecule has 6 aliphatic rings. The number of ether oxygens (including phenoxy) is 2. The topological polar surface area (TPSA) is 162 Å². The number of fused-ring (bicyclic) bond motifs is 12. The molecule has 3 saturated heterocycles. The molecule has 3 fully saturated rings. The molecule has 436 valence electrons. The lowest BCUT2D eigenvalue weighted by atomic mass is 9.61. The molecule has 0 spiro atoms. The molecule has 6 bridgehead atoms. The molecule has 0 aromatic heterocycles. The lowest BCUT2D eigenvalue weighted by molar-refractivity contribution is 0.0136. The number of methoxy groups -OCH3 is 2. The summed E-state index contributed by atoms with van der Waals surface area (Å²) in [5.41, 5.74) is 10.9. The number of likely N-dealkylation sites (tertiary alicyclic amines) is 3. The number of anilines is 1. The van der Waals surface area contributed by atoms with Crippen molar-refractivity contribution in [1.82, 2.24) is 30.2 Å². The van der Waals surface area contributed by atoms with Gasteiger partial charge in [-0.3, -0.25) is 0 Å². The summed E-state index contributed by atoms with van der Waals surface area (Å²) in [7, 11) is 10.2. The highest BCUT2D eigenvalue weighted by Crippen LogP contribution is 2.49. The molecule has 15 heteroatoms. The predicted molar refractivity (Wildman–Crippen MR) is 329 cm³/mol. The summed E-state index contributed by atoms with van der Waals surface area (Å²) < 4.78 is 10.9. The van der Waals surface area contributed by atoms with Crippen LogP contribution in [0.25, 0.3) is 4.85 Å². The Balaban J connectivity index is 0.000000165. The lowest BCUT2D eigenvalue weighted by Crippen LogP contribution is -2.68. The first-order valence-electron chi connectivity index (χ1n) is 28.8. The van der Waals surface area contributed by atoms with E-state index in [-0.39, 0.29) is 47.5 Å². The van der Waals surface area contributed by atoms with Crippen molar-refractivity contribution in [3.05, 3.63) is 153 Å². The number of hydrogen-bond acceptors (Lipinski definition) is 12. The van der Waals surface area contributed by atoms with Crippen molar-refractivity contribution in [3.8, 4) is 23.3 Å². The zero-order valence-corrected chi connectivity index (χ0v) is 49.5. The SMILES string of the molecule is C.CCN(C(=O)Nc1ccc(C#N)cc1)[C@H]1[C@H]2Cc3ccc(O)cc3[C@@]1(C)CCN2C.CCN[C@H]1[C@H]2Cc3ccc(OC)cc3[C@@]1(C)CCN2C.CCN[C@H]1[C@H]2Cc3ccc(OC)cc3[C@@]1(C)CCN2C.[C-]#[N+]c1ccc(N=C=O)cc1. The number of benzene rings is 5. The van der Waals surface area contributed by atoms with E-state index in [0.717, 1.165) is 62.4 Å². The van der Waals surface area contributed by atoms with Crippen molar-refractivity contribution < 1.29 is 24.2 Å². The van der Waals surface area contributed by atoms with Gasteiger partial charge < -0.3 is 50.1 Å². The van der Waals surface area contributed by atoms with E-state index in [1.807, 2.05) is 24.0 Å². The first-order chi connectivity index (χ1) is 38.9. The van der Waals surface area contributed by atoms with Gasteiger partial charge in [0, 0.05) is 58.7 Å². The summed E-state index contributed by atoms with van der Waals surface area (Å²) in [4.78, 5) is 39.0. The van der Waals surface area contributed by atoms with E-state index in [0.29, 0.717) is 53.3 Å². The highest BCUT2D eigenvalue weighted by molar-refractivity contribution is 5.90. The number of hydrogen-bond donors (Lipinski definition) is 4. The smallest absolute Gasteiger partial charge is 0.322 e. The predicted octanol–water partition coefficient (Wildman–Crippen LogP) is 10.9. The summed E-state index contributed by atoms with van der Waals surface area (Å²) in [6, 6.07) is 36.7. The van der Waals surface area contributed by atoms with Gasteiger partial charge in [-0.05, 0) is 205 Å². The molecule has 3 heterocycles. The normalized spacial score (nSPS) is 26.3. The van der Waals surface area contributed by atoms with Crippen LogP contribution in [0.1, 0.15) is 107 Å². The molecule has 5 aromatic carbocycles. The van der Waals surface area contributed by atoms with Gasteiger partial charge in [0.05, 0.1) is 44.2 Å². The highest BCUT2D eigenvalue weighted by atomic mass is 16.5. The fraction of sp³-hybridized carbons (Fsp3) is 0.493. The molecule has 82 heavy (non-hydrogen) atoms. The summed E-state index contributed by atoms with van der Waals surface area (Å²) in [5.74, 6) is 2.24. The Morgan fingerprint density at radius 3 is 1.62 bits per heavy atom. The molecule has 2 amide bonds. The number of carbonyl (C=O) groups excluding carboxylic acids is 2. The highest BCUT2D eigenvalue weighted by Gasteiger charge is 2.54. The fourth-order valence-electron chi connectivity index (χ4n) is 14.3. The number of carbonyl (C=O) groups is 1. The van der Waals surface area contributed by atoms with E-state index in [2.05, 4.69) is 139 Å². The maximum absolute atomic E-state index is 13.3. The van der Waals surface area contributed by atoms with Crippen molar-refractivity contribution in [3.63, 3.8) is 0 Å². The van der Waals surface area contributed by atoms with Gasteiger partial charge >= 0.3 is 6.03 Å². The van der Waals surface area contributed by atoms with Gasteiger partial charge in [0.1, 0.15) is 17.2 Å². The van der Waals surface area contributed by atoms with Crippen LogP contribution in [0, 0.1) is 17.9 Å². The zero-order chi connectivity index (χ0) is 58.2. The number of nitriles is 1. The minimum atomic E-state index is -0.235. The number of nitrogens with one attached hydrogen (secondary N) is 3. The molecule has 3 aliphatic carbocycles. The Morgan fingerprint density at radius 1 is 0.707 bits per heavy atom. The number of phenolic OH excluding ortho intramolecular Hbond substituents is 1. The maximum Gasteiger partial charge on any atom is 0.322 e. The van der Waals surface area contributed by atoms with Gasteiger partial charge in [-0.1, -0.05) is 72.4 Å². The molecular weight excluding hydrogens is 1020 g/mol. The molecular formula is C67H88N10O5. The lowest BCUT2D eigenvalue weighted by Gasteiger charge is -2.57. The first-order valence-corrected chi connectivity index (χ1v) is 28.8. The average Bonchev–Trinajstić information content (AvgIpc) is 2.88. The number of likely N-dealkylation sites (N-methyl/N-ethyl adjacent to an activating group) is 6. The number of piperidine rings is 3. The molecule has 11 rings (SSSR count). The number of phenols is 1. The summed E-state index contributed by atoms with van der Waals surface area (Å²) in [5, 5.41) is 29.7. The van der Waals surface area contributed by atoms with Crippen molar-refractivity contribution in [2.75, 3.05) is 79.9 Å². The van der Waals surface area contributed by atoms with Crippen LogP contribution in [0.4, 0.5) is 21.9 Å². The molecule has 5 aromatic rings. The third-order valence-electron chi connectivity index (χ3n) is 18.9. The minimum absolute atomic E-state index is 0.